The maximum atomic E-state index is 6.19. The summed E-state index contributed by atoms with van der Waals surface area (Å²) in [6.07, 6.45) is 10.6. The van der Waals surface area contributed by atoms with Crippen molar-refractivity contribution in [2.45, 2.75) is 77.7 Å². The summed E-state index contributed by atoms with van der Waals surface area (Å²) in [7, 11) is 0. The molecule has 2 nitrogen and oxygen atoms in total. The summed E-state index contributed by atoms with van der Waals surface area (Å²) in [5, 5.41) is 0. The largest absolute Gasteiger partial charge is 0.329 e. The first-order valence-corrected chi connectivity index (χ1v) is 8.17. The Morgan fingerprint density at radius 3 is 2.11 bits per heavy atom. The molecular weight excluding hydrogens is 220 g/mol. The standard InChI is InChI=1S/C16H34N2/c1-4-7-11-18(12-8-5-2)16(14-17)10-9-15(6-3)13-16/h15H,4-14,17H2,1-3H3. The summed E-state index contributed by atoms with van der Waals surface area (Å²) >= 11 is 0. The smallest absolute Gasteiger partial charge is 0.0334 e. The number of nitrogens with zero attached hydrogens (tertiary/aromatic N) is 1. The van der Waals surface area contributed by atoms with Crippen molar-refractivity contribution in [2.75, 3.05) is 19.6 Å². The molecule has 1 aliphatic rings. The van der Waals surface area contributed by atoms with Crippen molar-refractivity contribution in [1.29, 1.82) is 0 Å². The molecule has 0 aromatic carbocycles. The maximum absolute atomic E-state index is 6.19. The van der Waals surface area contributed by atoms with Crippen molar-refractivity contribution < 1.29 is 0 Å². The van der Waals surface area contributed by atoms with E-state index in [4.69, 9.17) is 5.73 Å². The average molecular weight is 254 g/mol. The molecule has 2 N–H and O–H groups in total. The summed E-state index contributed by atoms with van der Waals surface area (Å²) in [5.41, 5.74) is 6.53. The molecule has 0 amide bonds. The Balaban J connectivity index is 2.66. The number of hydrogen-bond acceptors (Lipinski definition) is 2. The topological polar surface area (TPSA) is 29.3 Å². The molecule has 0 spiro atoms. The molecule has 0 aromatic rings. The molecule has 0 aliphatic heterocycles. The van der Waals surface area contributed by atoms with E-state index in [0.717, 1.165) is 12.5 Å². The fourth-order valence-corrected chi connectivity index (χ4v) is 3.45. The van der Waals surface area contributed by atoms with Gasteiger partial charge in [0.2, 0.25) is 0 Å². The van der Waals surface area contributed by atoms with Gasteiger partial charge in [-0.3, -0.25) is 4.90 Å². The molecule has 2 heteroatoms. The van der Waals surface area contributed by atoms with Crippen LogP contribution in [0.25, 0.3) is 0 Å². The van der Waals surface area contributed by atoms with Gasteiger partial charge in [-0.05, 0) is 51.1 Å². The van der Waals surface area contributed by atoms with E-state index in [9.17, 15) is 0 Å². The molecule has 1 aliphatic carbocycles. The van der Waals surface area contributed by atoms with Crippen LogP contribution in [0.4, 0.5) is 0 Å². The molecule has 0 bridgehead atoms. The quantitative estimate of drug-likeness (QED) is 0.678. The second-order valence-electron chi connectivity index (χ2n) is 6.14. The molecule has 1 fully saturated rings. The van der Waals surface area contributed by atoms with Crippen molar-refractivity contribution in [1.82, 2.24) is 4.90 Å². The highest BCUT2D eigenvalue weighted by Gasteiger charge is 2.41. The summed E-state index contributed by atoms with van der Waals surface area (Å²) in [4.78, 5) is 2.75. The van der Waals surface area contributed by atoms with Crippen LogP contribution in [0.1, 0.15) is 72.1 Å². The van der Waals surface area contributed by atoms with Crippen LogP contribution < -0.4 is 5.73 Å². The molecule has 1 saturated carbocycles. The van der Waals surface area contributed by atoms with Gasteiger partial charge in [0.15, 0.2) is 0 Å². The number of hydrogen-bond donors (Lipinski definition) is 1. The molecular formula is C16H34N2. The lowest BCUT2D eigenvalue weighted by Gasteiger charge is -2.41. The minimum absolute atomic E-state index is 0.338. The van der Waals surface area contributed by atoms with Gasteiger partial charge in [-0.2, -0.15) is 0 Å². The van der Waals surface area contributed by atoms with Gasteiger partial charge in [0.1, 0.15) is 0 Å². The third-order valence-electron chi connectivity index (χ3n) is 4.88. The summed E-state index contributed by atoms with van der Waals surface area (Å²) in [5.74, 6) is 0.916. The van der Waals surface area contributed by atoms with Crippen LogP contribution >= 0.6 is 0 Å². The van der Waals surface area contributed by atoms with Gasteiger partial charge in [0, 0.05) is 12.1 Å². The molecule has 18 heavy (non-hydrogen) atoms. The van der Waals surface area contributed by atoms with Crippen molar-refractivity contribution in [3.8, 4) is 0 Å². The van der Waals surface area contributed by atoms with Crippen LogP contribution in [0.2, 0.25) is 0 Å². The predicted molar refractivity (Wildman–Crippen MR) is 80.8 cm³/mol. The maximum Gasteiger partial charge on any atom is 0.0334 e. The summed E-state index contributed by atoms with van der Waals surface area (Å²) < 4.78 is 0. The molecule has 108 valence electrons. The van der Waals surface area contributed by atoms with Crippen molar-refractivity contribution in [2.24, 2.45) is 11.7 Å². The molecule has 0 aromatic heterocycles. The lowest BCUT2D eigenvalue weighted by molar-refractivity contribution is 0.0909. The van der Waals surface area contributed by atoms with Crippen molar-refractivity contribution in [3.05, 3.63) is 0 Å². The van der Waals surface area contributed by atoms with Crippen LogP contribution in [0.15, 0.2) is 0 Å². The number of rotatable bonds is 9. The van der Waals surface area contributed by atoms with E-state index in [2.05, 4.69) is 25.7 Å². The summed E-state index contributed by atoms with van der Waals surface area (Å²) in [6, 6.07) is 0. The Bertz CT molecular complexity index is 209. The second-order valence-corrected chi connectivity index (χ2v) is 6.14. The fourth-order valence-electron chi connectivity index (χ4n) is 3.45. The first-order valence-electron chi connectivity index (χ1n) is 8.17. The summed E-state index contributed by atoms with van der Waals surface area (Å²) in [6.45, 7) is 10.3. The minimum Gasteiger partial charge on any atom is -0.329 e. The molecule has 2 atom stereocenters. The molecule has 0 radical (unpaired) electrons. The van der Waals surface area contributed by atoms with Gasteiger partial charge in [0.05, 0.1) is 0 Å². The van der Waals surface area contributed by atoms with Crippen LogP contribution in [-0.4, -0.2) is 30.1 Å². The fraction of sp³-hybridized carbons (Fsp3) is 1.00. The van der Waals surface area contributed by atoms with E-state index in [1.165, 1.54) is 64.5 Å². The van der Waals surface area contributed by atoms with Crippen LogP contribution in [-0.2, 0) is 0 Å². The zero-order valence-corrected chi connectivity index (χ0v) is 12.9. The van der Waals surface area contributed by atoms with Gasteiger partial charge in [0.25, 0.3) is 0 Å². The molecule has 0 heterocycles. The highest BCUT2D eigenvalue weighted by molar-refractivity contribution is 4.98. The van der Waals surface area contributed by atoms with Crippen LogP contribution in [0.5, 0.6) is 0 Å². The van der Waals surface area contributed by atoms with Gasteiger partial charge < -0.3 is 5.73 Å². The third-order valence-corrected chi connectivity index (χ3v) is 4.88. The average Bonchev–Trinajstić information content (AvgIpc) is 2.84. The Morgan fingerprint density at radius 1 is 1.11 bits per heavy atom. The van der Waals surface area contributed by atoms with Gasteiger partial charge >= 0.3 is 0 Å². The van der Waals surface area contributed by atoms with Gasteiger partial charge in [-0.25, -0.2) is 0 Å². The first-order chi connectivity index (χ1) is 8.72. The zero-order valence-electron chi connectivity index (χ0n) is 12.9. The normalized spacial score (nSPS) is 28.2. The minimum atomic E-state index is 0.338. The Hall–Kier alpha value is -0.0800. The Morgan fingerprint density at radius 2 is 1.72 bits per heavy atom. The van der Waals surface area contributed by atoms with E-state index in [1.54, 1.807) is 0 Å². The van der Waals surface area contributed by atoms with Crippen molar-refractivity contribution >= 4 is 0 Å². The molecule has 2 unspecified atom stereocenters. The molecule has 0 saturated heterocycles. The number of nitrogens with two attached hydrogens (primary N) is 1. The monoisotopic (exact) mass is 254 g/mol. The highest BCUT2D eigenvalue weighted by Crippen LogP contribution is 2.40. The second kappa shape index (κ2) is 8.16. The lowest BCUT2D eigenvalue weighted by atomic mass is 9.92. The van der Waals surface area contributed by atoms with Gasteiger partial charge in [-0.1, -0.05) is 40.0 Å². The van der Waals surface area contributed by atoms with Crippen molar-refractivity contribution in [3.63, 3.8) is 0 Å². The third kappa shape index (κ3) is 3.96. The van der Waals surface area contributed by atoms with E-state index < -0.39 is 0 Å². The van der Waals surface area contributed by atoms with Crippen LogP contribution in [0.3, 0.4) is 0 Å². The predicted octanol–water partition coefficient (Wildman–Crippen LogP) is 3.80. The Kier molecular flexibility index (Phi) is 7.25. The SMILES string of the molecule is CCCCN(CCCC)C1(CN)CCC(CC)C1. The van der Waals surface area contributed by atoms with E-state index >= 15 is 0 Å². The lowest BCUT2D eigenvalue weighted by Crippen LogP contribution is -2.53. The zero-order chi connectivity index (χ0) is 13.4. The van der Waals surface area contributed by atoms with E-state index in [0.29, 0.717) is 5.54 Å². The number of unbranched alkanes of at least 4 members (excludes halogenated alkanes) is 2. The first kappa shape index (κ1) is 16.0. The van der Waals surface area contributed by atoms with E-state index in [1.807, 2.05) is 0 Å². The Labute approximate surface area is 114 Å². The van der Waals surface area contributed by atoms with Crippen LogP contribution in [0, 0.1) is 5.92 Å². The van der Waals surface area contributed by atoms with E-state index in [-0.39, 0.29) is 0 Å². The molecule has 1 rings (SSSR count). The van der Waals surface area contributed by atoms with Gasteiger partial charge in [-0.15, -0.1) is 0 Å². The highest BCUT2D eigenvalue weighted by atomic mass is 15.2.